The Morgan fingerprint density at radius 1 is 1.09 bits per heavy atom. The number of nitrogens with zero attached hydrogens (tertiary/aromatic N) is 2. The maximum absolute atomic E-state index is 12.8. The fourth-order valence-corrected chi connectivity index (χ4v) is 6.31. The summed E-state index contributed by atoms with van der Waals surface area (Å²) in [6.45, 7) is 1.57. The van der Waals surface area contributed by atoms with E-state index in [2.05, 4.69) is 10.3 Å². The minimum Gasteiger partial charge on any atom is -0.486 e. The maximum Gasteiger partial charge on any atom is 0.243 e. The number of ether oxygens (including phenoxy) is 2. The Hall–Kier alpha value is -2.40. The highest BCUT2D eigenvalue weighted by Crippen LogP contribution is 2.38. The van der Waals surface area contributed by atoms with Gasteiger partial charge in [0, 0.05) is 36.2 Å². The van der Waals surface area contributed by atoms with E-state index in [1.54, 1.807) is 12.1 Å². The standard InChI is InChI=1S/C21H20ClN3O5S2/c22-14-1-3-15(4-2-14)32(27,28)25-7-5-13(6-8-25)20(26)24-21-23-16-11-17-18(12-19(16)31-21)30-10-9-29-17/h1-4,11-13H,5-10H2,(H,23,24,26). The van der Waals surface area contributed by atoms with Gasteiger partial charge in [0.15, 0.2) is 16.6 Å². The first kappa shape index (κ1) is 21.4. The minimum atomic E-state index is -3.60. The molecule has 1 aromatic heterocycles. The van der Waals surface area contributed by atoms with Crippen molar-refractivity contribution >= 4 is 54.2 Å². The predicted molar refractivity (Wildman–Crippen MR) is 122 cm³/mol. The summed E-state index contributed by atoms with van der Waals surface area (Å²) in [4.78, 5) is 17.5. The summed E-state index contributed by atoms with van der Waals surface area (Å²) in [5, 5.41) is 3.87. The number of sulfonamides is 1. The molecule has 32 heavy (non-hydrogen) atoms. The lowest BCUT2D eigenvalue weighted by Gasteiger charge is -2.30. The largest absolute Gasteiger partial charge is 0.486 e. The van der Waals surface area contributed by atoms with Gasteiger partial charge in [-0.05, 0) is 37.1 Å². The molecule has 0 aliphatic carbocycles. The van der Waals surface area contributed by atoms with Crippen molar-refractivity contribution in [2.45, 2.75) is 17.7 Å². The average molecular weight is 494 g/mol. The van der Waals surface area contributed by atoms with Gasteiger partial charge in [0.05, 0.1) is 15.1 Å². The zero-order chi connectivity index (χ0) is 22.3. The number of amides is 1. The van der Waals surface area contributed by atoms with E-state index < -0.39 is 10.0 Å². The van der Waals surface area contributed by atoms with Gasteiger partial charge in [-0.1, -0.05) is 22.9 Å². The van der Waals surface area contributed by atoms with E-state index in [9.17, 15) is 13.2 Å². The summed E-state index contributed by atoms with van der Waals surface area (Å²) < 4.78 is 39.2. The number of rotatable bonds is 4. The van der Waals surface area contributed by atoms with E-state index >= 15 is 0 Å². The summed E-state index contributed by atoms with van der Waals surface area (Å²) in [5.74, 6) is 0.907. The van der Waals surface area contributed by atoms with Crippen molar-refractivity contribution in [3.05, 3.63) is 41.4 Å². The third-order valence-electron chi connectivity index (χ3n) is 5.56. The molecule has 0 atom stereocenters. The quantitative estimate of drug-likeness (QED) is 0.594. The Balaban J connectivity index is 1.23. The number of hydrogen-bond acceptors (Lipinski definition) is 7. The number of aromatic nitrogens is 1. The second-order valence-corrected chi connectivity index (χ2v) is 11.0. The molecule has 5 rings (SSSR count). The second-order valence-electron chi connectivity index (χ2n) is 7.60. The van der Waals surface area contributed by atoms with Crippen molar-refractivity contribution in [3.8, 4) is 11.5 Å². The molecule has 8 nitrogen and oxygen atoms in total. The van der Waals surface area contributed by atoms with Crippen LogP contribution in [-0.4, -0.2) is 49.9 Å². The number of carbonyl (C=O) groups excluding carboxylic acids is 1. The van der Waals surface area contributed by atoms with Gasteiger partial charge < -0.3 is 14.8 Å². The molecule has 3 heterocycles. The van der Waals surface area contributed by atoms with Crippen LogP contribution in [0.4, 0.5) is 5.13 Å². The molecule has 0 saturated carbocycles. The van der Waals surface area contributed by atoms with Gasteiger partial charge in [0.25, 0.3) is 0 Å². The number of hydrogen-bond donors (Lipinski definition) is 1. The predicted octanol–water partition coefficient (Wildman–Crippen LogP) is 3.76. The smallest absolute Gasteiger partial charge is 0.243 e. The van der Waals surface area contributed by atoms with Crippen molar-refractivity contribution < 1.29 is 22.7 Å². The number of halogens is 1. The molecule has 11 heteroatoms. The minimum absolute atomic E-state index is 0.148. The van der Waals surface area contributed by atoms with E-state index in [1.165, 1.54) is 27.8 Å². The lowest BCUT2D eigenvalue weighted by atomic mass is 9.97. The molecule has 2 aliphatic rings. The number of fused-ring (bicyclic) bond motifs is 2. The van der Waals surface area contributed by atoms with E-state index in [-0.39, 0.29) is 29.8 Å². The Morgan fingerprint density at radius 3 is 2.44 bits per heavy atom. The third-order valence-corrected chi connectivity index (χ3v) is 8.66. The summed E-state index contributed by atoms with van der Waals surface area (Å²) in [7, 11) is -3.60. The van der Waals surface area contributed by atoms with Gasteiger partial charge in [-0.15, -0.1) is 0 Å². The molecular formula is C21H20ClN3O5S2. The summed E-state index contributed by atoms with van der Waals surface area (Å²) in [5.41, 5.74) is 0.735. The molecule has 1 saturated heterocycles. The molecule has 1 N–H and O–H groups in total. The second kappa shape index (κ2) is 8.51. The number of benzene rings is 2. The first-order chi connectivity index (χ1) is 15.4. The number of carbonyl (C=O) groups is 1. The molecule has 0 unspecified atom stereocenters. The SMILES string of the molecule is O=C(Nc1nc2cc3c(cc2s1)OCCO3)C1CCN(S(=O)(=O)c2ccc(Cl)cc2)CC1. The Bertz CT molecular complexity index is 1230. The Kier molecular flexibility index (Phi) is 5.70. The summed E-state index contributed by atoms with van der Waals surface area (Å²) >= 11 is 7.23. The van der Waals surface area contributed by atoms with Crippen molar-refractivity contribution in [3.63, 3.8) is 0 Å². The number of thiazole rings is 1. The van der Waals surface area contributed by atoms with Gasteiger partial charge in [0.2, 0.25) is 15.9 Å². The van der Waals surface area contributed by atoms with E-state index in [0.29, 0.717) is 47.7 Å². The van der Waals surface area contributed by atoms with Crippen LogP contribution >= 0.6 is 22.9 Å². The molecule has 0 radical (unpaired) electrons. The molecule has 0 spiro atoms. The lowest BCUT2D eigenvalue weighted by molar-refractivity contribution is -0.120. The van der Waals surface area contributed by atoms with Gasteiger partial charge in [-0.2, -0.15) is 4.31 Å². The van der Waals surface area contributed by atoms with Gasteiger partial charge in [-0.25, -0.2) is 13.4 Å². The molecule has 2 aliphatic heterocycles. The number of anilines is 1. The molecule has 1 fully saturated rings. The van der Waals surface area contributed by atoms with Crippen molar-refractivity contribution in [1.82, 2.24) is 9.29 Å². The zero-order valence-corrected chi connectivity index (χ0v) is 19.3. The highest BCUT2D eigenvalue weighted by atomic mass is 35.5. The van der Waals surface area contributed by atoms with Crippen LogP contribution in [0, 0.1) is 5.92 Å². The molecule has 1 amide bonds. The highest BCUT2D eigenvalue weighted by Gasteiger charge is 2.32. The monoisotopic (exact) mass is 493 g/mol. The van der Waals surface area contributed by atoms with Crippen LogP contribution in [0.15, 0.2) is 41.3 Å². The summed E-state index contributed by atoms with van der Waals surface area (Å²) in [6.07, 6.45) is 0.888. The van der Waals surface area contributed by atoms with Gasteiger partial charge >= 0.3 is 0 Å². The van der Waals surface area contributed by atoms with Crippen molar-refractivity contribution in [2.24, 2.45) is 5.92 Å². The molecule has 168 valence electrons. The molecule has 3 aromatic rings. The van der Waals surface area contributed by atoms with Crippen molar-refractivity contribution in [2.75, 3.05) is 31.6 Å². The van der Waals surface area contributed by atoms with E-state index in [0.717, 1.165) is 10.2 Å². The van der Waals surface area contributed by atoms with E-state index in [4.69, 9.17) is 21.1 Å². The zero-order valence-electron chi connectivity index (χ0n) is 16.9. The topological polar surface area (TPSA) is 97.8 Å². The highest BCUT2D eigenvalue weighted by molar-refractivity contribution is 7.89. The first-order valence-corrected chi connectivity index (χ1v) is 12.8. The van der Waals surface area contributed by atoms with Crippen LogP contribution in [0.3, 0.4) is 0 Å². The normalized spacial score (nSPS) is 17.4. The van der Waals surface area contributed by atoms with Crippen LogP contribution in [0.25, 0.3) is 10.2 Å². The van der Waals surface area contributed by atoms with Crippen LogP contribution in [0.1, 0.15) is 12.8 Å². The van der Waals surface area contributed by atoms with Crippen molar-refractivity contribution in [1.29, 1.82) is 0 Å². The maximum atomic E-state index is 12.8. The van der Waals surface area contributed by atoms with Crippen LogP contribution < -0.4 is 14.8 Å². The molecular weight excluding hydrogens is 474 g/mol. The number of nitrogens with one attached hydrogen (secondary N) is 1. The van der Waals surface area contributed by atoms with E-state index in [1.807, 2.05) is 12.1 Å². The molecule has 0 bridgehead atoms. The van der Waals surface area contributed by atoms with Gasteiger partial charge in [-0.3, -0.25) is 4.79 Å². The fraction of sp³-hybridized carbons (Fsp3) is 0.333. The Morgan fingerprint density at radius 2 is 1.75 bits per heavy atom. The van der Waals surface area contributed by atoms with Crippen LogP contribution in [0.2, 0.25) is 5.02 Å². The fourth-order valence-electron chi connectivity index (χ4n) is 3.84. The summed E-state index contributed by atoms with van der Waals surface area (Å²) in [6, 6.07) is 9.80. The van der Waals surface area contributed by atoms with Crippen LogP contribution in [0.5, 0.6) is 11.5 Å². The molecule has 2 aromatic carbocycles. The third kappa shape index (κ3) is 4.15. The lowest BCUT2D eigenvalue weighted by Crippen LogP contribution is -2.41. The Labute approximate surface area is 194 Å². The average Bonchev–Trinajstić information content (AvgIpc) is 3.18. The van der Waals surface area contributed by atoms with Crippen LogP contribution in [-0.2, 0) is 14.8 Å². The van der Waals surface area contributed by atoms with Gasteiger partial charge in [0.1, 0.15) is 13.2 Å². The first-order valence-electron chi connectivity index (χ1n) is 10.2. The number of piperidine rings is 1.